The summed E-state index contributed by atoms with van der Waals surface area (Å²) in [4.78, 5) is 29.1. The molecule has 0 bridgehead atoms. The first-order valence-electron chi connectivity index (χ1n) is 15.8. The first kappa shape index (κ1) is 29.8. The van der Waals surface area contributed by atoms with Gasteiger partial charge < -0.3 is 28.1 Å². The number of piperidine rings is 1. The van der Waals surface area contributed by atoms with Gasteiger partial charge in [-0.25, -0.2) is 14.8 Å². The normalized spacial score (nSPS) is 22.9. The number of imidazole rings is 2. The van der Waals surface area contributed by atoms with Crippen molar-refractivity contribution in [1.82, 2.24) is 29.0 Å². The third-order valence-electron chi connectivity index (χ3n) is 9.89. The predicted molar refractivity (Wildman–Crippen MR) is 174 cm³/mol. The largest absolute Gasteiger partial charge is 0.494 e. The second kappa shape index (κ2) is 11.0. The number of halogens is 1. The summed E-state index contributed by atoms with van der Waals surface area (Å²) < 4.78 is 28.0. The average molecular weight is 655 g/mol. The number of fused-ring (bicyclic) bond motifs is 3. The Hall–Kier alpha value is -4.61. The molecule has 0 radical (unpaired) electrons. The molecule has 3 atom stereocenters. The van der Waals surface area contributed by atoms with Crippen molar-refractivity contribution in [1.29, 1.82) is 0 Å². The zero-order chi connectivity index (χ0) is 32.5. The number of aromatic nitrogens is 5. The van der Waals surface area contributed by atoms with Crippen LogP contribution in [0, 0.1) is 5.92 Å². The standard InChI is InChI=1S/C35H35ClN6O5/c1-5-41-20-37-15-24(41)17-42-26-11-21(33(43)45-4)12-28(44-3)31(26)39-30(42)18-40-16-22-13-35(22,19-40)25-7-6-8-27-32(25)47-34(2,46-27)29-10-9-23(36)14-38-29/h6-12,14-15,20,22H,5,13,16-19H2,1-4H3/t22?,34-,35?/m1/s1. The summed E-state index contributed by atoms with van der Waals surface area (Å²) in [7, 11) is 2.97. The zero-order valence-electron chi connectivity index (χ0n) is 26.7. The molecule has 12 heteroatoms. The fraction of sp³-hybridized carbons (Fsp3) is 0.371. The molecular formula is C35H35ClN6O5. The molecule has 0 spiro atoms. The van der Waals surface area contributed by atoms with Crippen LogP contribution in [-0.4, -0.2) is 62.3 Å². The number of hydrogen-bond donors (Lipinski definition) is 0. The average Bonchev–Trinajstić information content (AvgIpc) is 3.50. The Balaban J connectivity index is 1.12. The van der Waals surface area contributed by atoms with Crippen molar-refractivity contribution >= 4 is 28.6 Å². The van der Waals surface area contributed by atoms with Crippen LogP contribution in [0.3, 0.4) is 0 Å². The second-order valence-electron chi connectivity index (χ2n) is 12.7. The summed E-state index contributed by atoms with van der Waals surface area (Å²) in [6.45, 7) is 7.74. The lowest BCUT2D eigenvalue weighted by molar-refractivity contribution is -0.0722. The molecule has 1 saturated heterocycles. The molecule has 5 aromatic rings. The number of carbonyl (C=O) groups is 1. The lowest BCUT2D eigenvalue weighted by Gasteiger charge is -2.24. The summed E-state index contributed by atoms with van der Waals surface area (Å²) in [5, 5.41) is 0.561. The van der Waals surface area contributed by atoms with E-state index >= 15 is 0 Å². The molecule has 3 aliphatic rings. The van der Waals surface area contributed by atoms with Gasteiger partial charge in [0.2, 0.25) is 0 Å². The van der Waals surface area contributed by atoms with Gasteiger partial charge in [-0.1, -0.05) is 23.7 Å². The summed E-state index contributed by atoms with van der Waals surface area (Å²) >= 11 is 6.10. The number of ether oxygens (including phenoxy) is 4. The molecule has 47 heavy (non-hydrogen) atoms. The van der Waals surface area contributed by atoms with E-state index in [1.807, 2.05) is 43.7 Å². The van der Waals surface area contributed by atoms with Crippen molar-refractivity contribution in [3.63, 3.8) is 0 Å². The maximum absolute atomic E-state index is 12.6. The number of nitrogens with zero attached hydrogens (tertiary/aromatic N) is 6. The smallest absolute Gasteiger partial charge is 0.338 e. The highest BCUT2D eigenvalue weighted by molar-refractivity contribution is 6.30. The molecule has 242 valence electrons. The number of rotatable bonds is 9. The van der Waals surface area contributed by atoms with Crippen molar-refractivity contribution in [2.75, 3.05) is 27.3 Å². The minimum Gasteiger partial charge on any atom is -0.494 e. The Morgan fingerprint density at radius 3 is 2.77 bits per heavy atom. The Morgan fingerprint density at radius 1 is 1.13 bits per heavy atom. The van der Waals surface area contributed by atoms with Crippen LogP contribution in [0.25, 0.3) is 11.0 Å². The predicted octanol–water partition coefficient (Wildman–Crippen LogP) is 5.56. The van der Waals surface area contributed by atoms with E-state index in [1.165, 1.54) is 12.7 Å². The first-order valence-corrected chi connectivity index (χ1v) is 16.1. The highest BCUT2D eigenvalue weighted by Gasteiger charge is 2.62. The summed E-state index contributed by atoms with van der Waals surface area (Å²) in [6, 6.07) is 13.3. The number of benzene rings is 2. The minimum atomic E-state index is -1.04. The summed E-state index contributed by atoms with van der Waals surface area (Å²) in [5.74, 6) is 1.95. The van der Waals surface area contributed by atoms with Gasteiger partial charge in [0.15, 0.2) is 11.5 Å². The lowest BCUT2D eigenvalue weighted by Crippen LogP contribution is -2.33. The van der Waals surface area contributed by atoms with Gasteiger partial charge in [-0.2, -0.15) is 0 Å². The third kappa shape index (κ3) is 4.82. The number of aryl methyl sites for hydroxylation is 1. The number of hydrogen-bond acceptors (Lipinski definition) is 9. The van der Waals surface area contributed by atoms with Gasteiger partial charge in [-0.05, 0) is 49.6 Å². The van der Waals surface area contributed by atoms with E-state index in [4.69, 9.17) is 35.5 Å². The molecule has 1 saturated carbocycles. The van der Waals surface area contributed by atoms with Crippen LogP contribution in [0.2, 0.25) is 5.02 Å². The van der Waals surface area contributed by atoms with E-state index in [9.17, 15) is 4.79 Å². The summed E-state index contributed by atoms with van der Waals surface area (Å²) in [5.41, 5.74) is 4.77. The van der Waals surface area contributed by atoms with Crippen LogP contribution in [-0.2, 0) is 35.6 Å². The number of methoxy groups -OCH3 is 2. The third-order valence-corrected chi connectivity index (χ3v) is 10.1. The minimum absolute atomic E-state index is 0.0409. The fourth-order valence-corrected chi connectivity index (χ4v) is 7.56. The fourth-order valence-electron chi connectivity index (χ4n) is 7.45. The van der Waals surface area contributed by atoms with Crippen molar-refractivity contribution in [3.8, 4) is 17.2 Å². The van der Waals surface area contributed by atoms with Crippen molar-refractivity contribution < 1.29 is 23.7 Å². The number of para-hydroxylation sites is 1. The van der Waals surface area contributed by atoms with Crippen molar-refractivity contribution in [2.24, 2.45) is 5.92 Å². The van der Waals surface area contributed by atoms with Gasteiger partial charge in [-0.15, -0.1) is 0 Å². The number of likely N-dealkylation sites (tertiary alicyclic amines) is 1. The van der Waals surface area contributed by atoms with E-state index in [1.54, 1.807) is 25.4 Å². The molecule has 2 unspecified atom stereocenters. The number of carbonyl (C=O) groups excluding carboxylic acids is 1. The molecule has 0 N–H and O–H groups in total. The van der Waals surface area contributed by atoms with Crippen LogP contribution in [0.15, 0.2) is 61.2 Å². The van der Waals surface area contributed by atoms with Crippen LogP contribution < -0.4 is 14.2 Å². The van der Waals surface area contributed by atoms with Gasteiger partial charge in [0.05, 0.1) is 55.4 Å². The first-order chi connectivity index (χ1) is 22.7. The van der Waals surface area contributed by atoms with Crippen molar-refractivity contribution in [2.45, 2.75) is 51.1 Å². The number of esters is 1. The SMILES string of the molecule is CCn1cncc1Cn1c(CN2CC3CC3(c3cccc4c3O[C@](C)(c3ccc(Cl)cn3)O4)C2)nc2c(OC)cc(C(=O)OC)cc21. The maximum Gasteiger partial charge on any atom is 0.338 e. The lowest BCUT2D eigenvalue weighted by atomic mass is 9.93. The molecule has 3 aromatic heterocycles. The monoisotopic (exact) mass is 654 g/mol. The molecule has 2 fully saturated rings. The second-order valence-corrected chi connectivity index (χ2v) is 13.1. The topological polar surface area (TPSA) is 106 Å². The zero-order valence-corrected chi connectivity index (χ0v) is 27.5. The van der Waals surface area contributed by atoms with E-state index in [0.29, 0.717) is 46.6 Å². The molecule has 11 nitrogen and oxygen atoms in total. The van der Waals surface area contributed by atoms with Crippen LogP contribution in [0.1, 0.15) is 53.4 Å². The highest BCUT2D eigenvalue weighted by Crippen LogP contribution is 2.63. The van der Waals surface area contributed by atoms with Crippen LogP contribution in [0.5, 0.6) is 17.2 Å². The van der Waals surface area contributed by atoms with Crippen LogP contribution in [0.4, 0.5) is 0 Å². The highest BCUT2D eigenvalue weighted by atomic mass is 35.5. The van der Waals surface area contributed by atoms with E-state index in [0.717, 1.165) is 54.6 Å². The molecule has 5 heterocycles. The molecule has 2 aliphatic heterocycles. The molecule has 0 amide bonds. The quantitative estimate of drug-likeness (QED) is 0.189. The molecule has 2 aromatic carbocycles. The molecule has 8 rings (SSSR count). The van der Waals surface area contributed by atoms with E-state index in [-0.39, 0.29) is 5.41 Å². The van der Waals surface area contributed by atoms with Gasteiger partial charge in [-0.3, -0.25) is 9.88 Å². The molecular weight excluding hydrogens is 620 g/mol. The van der Waals surface area contributed by atoms with Gasteiger partial charge in [0, 0.05) is 49.9 Å². The van der Waals surface area contributed by atoms with Gasteiger partial charge in [0.25, 0.3) is 5.79 Å². The Bertz CT molecular complexity index is 2020. The van der Waals surface area contributed by atoms with E-state index < -0.39 is 11.8 Å². The van der Waals surface area contributed by atoms with E-state index in [2.05, 4.69) is 37.0 Å². The maximum atomic E-state index is 12.6. The Kier molecular flexibility index (Phi) is 6.96. The Labute approximate surface area is 277 Å². The summed E-state index contributed by atoms with van der Waals surface area (Å²) in [6.07, 6.45) is 6.41. The number of pyridine rings is 1. The van der Waals surface area contributed by atoms with Crippen LogP contribution >= 0.6 is 11.6 Å². The van der Waals surface area contributed by atoms with Crippen molar-refractivity contribution in [3.05, 3.63) is 94.5 Å². The molecule has 1 aliphatic carbocycles. The van der Waals surface area contributed by atoms with Gasteiger partial charge >= 0.3 is 5.97 Å². The van der Waals surface area contributed by atoms with Gasteiger partial charge in [0.1, 0.15) is 22.8 Å². The Morgan fingerprint density at radius 2 is 2.00 bits per heavy atom.